The van der Waals surface area contributed by atoms with Crippen LogP contribution in [0.3, 0.4) is 0 Å². The number of hydrogen-bond acceptors (Lipinski definition) is 7. The fourth-order valence-electron chi connectivity index (χ4n) is 3.65. The van der Waals surface area contributed by atoms with Gasteiger partial charge in [0.15, 0.2) is 18.1 Å². The van der Waals surface area contributed by atoms with Gasteiger partial charge in [-0.3, -0.25) is 9.59 Å². The highest BCUT2D eigenvalue weighted by Crippen LogP contribution is 2.36. The number of amides is 2. The fraction of sp³-hybridized carbons (Fsp3) is 0.375. The Morgan fingerprint density at radius 2 is 1.91 bits per heavy atom. The summed E-state index contributed by atoms with van der Waals surface area (Å²) in [6.45, 7) is 6.38. The first-order chi connectivity index (χ1) is 15.8. The lowest BCUT2D eigenvalue weighted by Gasteiger charge is -2.25. The molecule has 0 saturated carbocycles. The number of carbonyl (C=O) groups excluding carboxylic acids is 3. The number of anilines is 1. The number of hydrogen-bond donors (Lipinski definition) is 2. The number of rotatable bonds is 6. The van der Waals surface area contributed by atoms with Crippen LogP contribution in [0.5, 0.6) is 11.5 Å². The molecule has 9 heteroatoms. The Morgan fingerprint density at radius 1 is 1.15 bits per heavy atom. The van der Waals surface area contributed by atoms with Crippen molar-refractivity contribution in [1.82, 2.24) is 5.32 Å². The topological polar surface area (TPSA) is 103 Å². The van der Waals surface area contributed by atoms with E-state index in [4.69, 9.17) is 14.2 Å². The average molecular weight is 471 g/mol. The molecule has 2 atom stereocenters. The van der Waals surface area contributed by atoms with Gasteiger partial charge in [0, 0.05) is 4.90 Å². The van der Waals surface area contributed by atoms with Crippen molar-refractivity contribution in [3.8, 4) is 11.5 Å². The van der Waals surface area contributed by atoms with Gasteiger partial charge in [-0.1, -0.05) is 19.9 Å². The summed E-state index contributed by atoms with van der Waals surface area (Å²) < 4.78 is 16.4. The van der Waals surface area contributed by atoms with Crippen molar-refractivity contribution in [3.63, 3.8) is 0 Å². The van der Waals surface area contributed by atoms with Gasteiger partial charge in [0.2, 0.25) is 5.91 Å². The molecule has 0 spiro atoms. The van der Waals surface area contributed by atoms with Crippen LogP contribution in [0.1, 0.15) is 42.7 Å². The molecule has 33 heavy (non-hydrogen) atoms. The monoisotopic (exact) mass is 470 g/mol. The molecule has 0 radical (unpaired) electrons. The summed E-state index contributed by atoms with van der Waals surface area (Å²) in [4.78, 5) is 37.8. The van der Waals surface area contributed by atoms with Gasteiger partial charge in [0.1, 0.15) is 13.2 Å². The average Bonchev–Trinajstić information content (AvgIpc) is 2.81. The van der Waals surface area contributed by atoms with Crippen molar-refractivity contribution in [2.45, 2.75) is 37.0 Å². The molecule has 2 N–H and O–H groups in total. The highest BCUT2D eigenvalue weighted by molar-refractivity contribution is 8.00. The second-order valence-corrected chi connectivity index (χ2v) is 9.61. The molecule has 2 aliphatic rings. The van der Waals surface area contributed by atoms with Crippen LogP contribution in [0.2, 0.25) is 0 Å². The molecule has 8 nitrogen and oxygen atoms in total. The third kappa shape index (κ3) is 5.24. The number of carbonyl (C=O) groups is 3. The third-order valence-electron chi connectivity index (χ3n) is 5.39. The highest BCUT2D eigenvalue weighted by Gasteiger charge is 2.25. The zero-order chi connectivity index (χ0) is 23.5. The first-order valence-corrected chi connectivity index (χ1v) is 11.7. The maximum Gasteiger partial charge on any atom is 0.338 e. The maximum absolute atomic E-state index is 12.6. The van der Waals surface area contributed by atoms with Crippen LogP contribution < -0.4 is 20.1 Å². The smallest absolute Gasteiger partial charge is 0.338 e. The molecule has 2 unspecified atom stereocenters. The van der Waals surface area contributed by atoms with Gasteiger partial charge in [-0.15, -0.1) is 11.8 Å². The standard InChI is InChI=1S/C24H26N2O6S/c1-13(2)22(15-4-6-18-19(11-15)31-9-8-30-18)26-21(27)12-32-24(29)16-5-7-20-17(10-16)25-23(28)14(3)33-20/h4-7,10-11,13-14,22H,8-9,12H2,1-3H3,(H,25,28)(H,26,27). The summed E-state index contributed by atoms with van der Waals surface area (Å²) in [5.41, 5.74) is 1.72. The van der Waals surface area contributed by atoms with Gasteiger partial charge in [-0.05, 0) is 48.7 Å². The van der Waals surface area contributed by atoms with E-state index in [1.807, 2.05) is 39.0 Å². The van der Waals surface area contributed by atoms with E-state index < -0.39 is 18.5 Å². The third-order valence-corrected chi connectivity index (χ3v) is 6.57. The lowest BCUT2D eigenvalue weighted by molar-refractivity contribution is -0.125. The van der Waals surface area contributed by atoms with E-state index in [1.54, 1.807) is 18.2 Å². The summed E-state index contributed by atoms with van der Waals surface area (Å²) in [6.07, 6.45) is 0. The number of fused-ring (bicyclic) bond motifs is 2. The quantitative estimate of drug-likeness (QED) is 0.622. The number of nitrogens with one attached hydrogen (secondary N) is 2. The summed E-state index contributed by atoms with van der Waals surface area (Å²) in [6, 6.07) is 10.3. The Kier molecular flexibility index (Phi) is 6.78. The Labute approximate surface area is 196 Å². The zero-order valence-electron chi connectivity index (χ0n) is 18.7. The molecule has 4 rings (SSSR count). The van der Waals surface area contributed by atoms with Crippen LogP contribution in [-0.2, 0) is 14.3 Å². The molecular formula is C24H26N2O6S. The van der Waals surface area contributed by atoms with Crippen LogP contribution in [0.4, 0.5) is 5.69 Å². The lowest BCUT2D eigenvalue weighted by Crippen LogP contribution is -2.35. The molecule has 2 amide bonds. The molecule has 2 aromatic rings. The summed E-state index contributed by atoms with van der Waals surface area (Å²) >= 11 is 1.43. The van der Waals surface area contributed by atoms with Gasteiger partial charge in [-0.25, -0.2) is 4.79 Å². The Hall–Kier alpha value is -3.20. The minimum atomic E-state index is -0.633. The van der Waals surface area contributed by atoms with Crippen LogP contribution >= 0.6 is 11.8 Å². The molecule has 2 heterocycles. The molecule has 0 aliphatic carbocycles. The van der Waals surface area contributed by atoms with Crippen molar-refractivity contribution < 1.29 is 28.6 Å². The number of thioether (sulfide) groups is 1. The molecule has 0 aromatic heterocycles. The van der Waals surface area contributed by atoms with Crippen molar-refractivity contribution >= 4 is 35.2 Å². The van der Waals surface area contributed by atoms with Crippen molar-refractivity contribution in [1.29, 1.82) is 0 Å². The van der Waals surface area contributed by atoms with E-state index in [-0.39, 0.29) is 28.7 Å². The SMILES string of the molecule is CC1Sc2ccc(C(=O)OCC(=O)NC(c3ccc4c(c3)OCCO4)C(C)C)cc2NC1=O. The predicted octanol–water partition coefficient (Wildman–Crippen LogP) is 3.56. The van der Waals surface area contributed by atoms with E-state index >= 15 is 0 Å². The van der Waals surface area contributed by atoms with Crippen LogP contribution in [0, 0.1) is 5.92 Å². The first-order valence-electron chi connectivity index (χ1n) is 10.8. The van der Waals surface area contributed by atoms with Crippen LogP contribution in [0.15, 0.2) is 41.3 Å². The normalized spacial score (nSPS) is 17.6. The van der Waals surface area contributed by atoms with Gasteiger partial charge < -0.3 is 24.8 Å². The fourth-order valence-corrected chi connectivity index (χ4v) is 4.58. The molecular weight excluding hydrogens is 444 g/mol. The van der Waals surface area contributed by atoms with Gasteiger partial charge in [0.05, 0.1) is 22.5 Å². The first kappa shape index (κ1) is 23.0. The summed E-state index contributed by atoms with van der Waals surface area (Å²) in [7, 11) is 0. The predicted molar refractivity (Wildman–Crippen MR) is 124 cm³/mol. The van der Waals surface area contributed by atoms with Crippen molar-refractivity contribution in [3.05, 3.63) is 47.5 Å². The molecule has 2 aliphatic heterocycles. The Bertz CT molecular complexity index is 1090. The van der Waals surface area contributed by atoms with Crippen molar-refractivity contribution in [2.75, 3.05) is 25.1 Å². The largest absolute Gasteiger partial charge is 0.486 e. The van der Waals surface area contributed by atoms with Gasteiger partial charge in [0.25, 0.3) is 5.91 Å². The van der Waals surface area contributed by atoms with Crippen molar-refractivity contribution in [2.24, 2.45) is 5.92 Å². The molecule has 0 fully saturated rings. The summed E-state index contributed by atoms with van der Waals surface area (Å²) in [5, 5.41) is 5.52. The van der Waals surface area contributed by atoms with Gasteiger partial charge >= 0.3 is 5.97 Å². The lowest BCUT2D eigenvalue weighted by atomic mass is 9.95. The van der Waals surface area contributed by atoms with E-state index in [9.17, 15) is 14.4 Å². The Balaban J connectivity index is 1.37. The minimum absolute atomic E-state index is 0.0939. The molecule has 2 aromatic carbocycles. The van der Waals surface area contributed by atoms with E-state index in [1.165, 1.54) is 11.8 Å². The highest BCUT2D eigenvalue weighted by atomic mass is 32.2. The van der Waals surface area contributed by atoms with Crippen LogP contribution in [-0.4, -0.2) is 42.9 Å². The number of ether oxygens (including phenoxy) is 3. The van der Waals surface area contributed by atoms with E-state index in [0.29, 0.717) is 30.4 Å². The van der Waals surface area contributed by atoms with Gasteiger partial charge in [-0.2, -0.15) is 0 Å². The molecule has 0 bridgehead atoms. The Morgan fingerprint density at radius 3 is 2.67 bits per heavy atom. The number of benzene rings is 2. The second-order valence-electron chi connectivity index (χ2n) is 8.23. The number of esters is 1. The maximum atomic E-state index is 12.6. The minimum Gasteiger partial charge on any atom is -0.486 e. The zero-order valence-corrected chi connectivity index (χ0v) is 19.5. The van der Waals surface area contributed by atoms with E-state index in [2.05, 4.69) is 10.6 Å². The summed E-state index contributed by atoms with van der Waals surface area (Å²) in [5.74, 6) is 0.269. The van der Waals surface area contributed by atoms with Crippen LogP contribution in [0.25, 0.3) is 0 Å². The molecule has 174 valence electrons. The molecule has 0 saturated heterocycles. The van der Waals surface area contributed by atoms with E-state index in [0.717, 1.165) is 10.5 Å². The second kappa shape index (κ2) is 9.74.